The lowest BCUT2D eigenvalue weighted by Gasteiger charge is -2.32. The van der Waals surface area contributed by atoms with Crippen molar-refractivity contribution in [1.82, 2.24) is 5.32 Å². The molecule has 2 saturated carbocycles. The quantitative estimate of drug-likeness (QED) is 0.643. The summed E-state index contributed by atoms with van der Waals surface area (Å²) < 4.78 is 12.9. The van der Waals surface area contributed by atoms with Crippen LogP contribution in [0.5, 0.6) is 0 Å². The van der Waals surface area contributed by atoms with Crippen molar-refractivity contribution in [3.8, 4) is 0 Å². The number of nitrogens with one attached hydrogen (secondary N) is 2. The average molecular weight is 302 g/mol. The minimum absolute atomic E-state index is 0.230. The number of hydrogen-bond donors (Lipinski definition) is 2. The van der Waals surface area contributed by atoms with E-state index in [1.807, 2.05) is 0 Å². The molecule has 21 heavy (non-hydrogen) atoms. The van der Waals surface area contributed by atoms with E-state index in [1.54, 1.807) is 12.1 Å². The molecule has 1 aromatic carbocycles. The minimum atomic E-state index is -0.230. The van der Waals surface area contributed by atoms with E-state index in [2.05, 4.69) is 22.8 Å². The Kier molecular flexibility index (Phi) is 3.21. The molecule has 0 radical (unpaired) electrons. The van der Waals surface area contributed by atoms with Crippen LogP contribution < -0.4 is 10.6 Å². The third-order valence-electron chi connectivity index (χ3n) is 5.43. The van der Waals surface area contributed by atoms with Crippen molar-refractivity contribution in [3.63, 3.8) is 0 Å². The number of fused-ring (bicyclic) bond motifs is 5. The van der Waals surface area contributed by atoms with Crippen molar-refractivity contribution in [3.05, 3.63) is 42.2 Å². The summed E-state index contributed by atoms with van der Waals surface area (Å²) in [7, 11) is 0. The summed E-state index contributed by atoms with van der Waals surface area (Å²) in [6, 6.07) is 6.78. The van der Waals surface area contributed by atoms with Crippen LogP contribution in [-0.4, -0.2) is 11.2 Å². The van der Waals surface area contributed by atoms with Crippen LogP contribution in [0.15, 0.2) is 36.4 Å². The van der Waals surface area contributed by atoms with E-state index in [0.717, 1.165) is 29.4 Å². The molecule has 1 aromatic rings. The van der Waals surface area contributed by atoms with Crippen LogP contribution in [0.25, 0.3) is 0 Å². The Morgan fingerprint density at radius 1 is 1.14 bits per heavy atom. The normalized spacial score (nSPS) is 35.8. The predicted octanol–water partition coefficient (Wildman–Crippen LogP) is 3.71. The van der Waals surface area contributed by atoms with Crippen LogP contribution in [0.4, 0.5) is 10.1 Å². The molecule has 2 nitrogen and oxygen atoms in total. The third kappa shape index (κ3) is 2.35. The van der Waals surface area contributed by atoms with Gasteiger partial charge < -0.3 is 10.6 Å². The van der Waals surface area contributed by atoms with E-state index in [-0.39, 0.29) is 5.82 Å². The molecule has 0 aliphatic heterocycles. The molecule has 0 saturated heterocycles. The summed E-state index contributed by atoms with van der Waals surface area (Å²) in [6.45, 7) is 0. The Morgan fingerprint density at radius 2 is 1.95 bits per heavy atom. The topological polar surface area (TPSA) is 24.1 Å². The molecule has 3 aliphatic carbocycles. The Bertz CT molecular complexity index is 583. The van der Waals surface area contributed by atoms with Crippen LogP contribution >= 0.6 is 12.2 Å². The highest BCUT2D eigenvalue weighted by Gasteiger charge is 2.52. The van der Waals surface area contributed by atoms with Gasteiger partial charge in [-0.1, -0.05) is 12.2 Å². The van der Waals surface area contributed by atoms with Crippen molar-refractivity contribution < 1.29 is 4.39 Å². The van der Waals surface area contributed by atoms with Gasteiger partial charge in [0.15, 0.2) is 5.11 Å². The number of hydrogen-bond acceptors (Lipinski definition) is 1. The summed E-state index contributed by atoms with van der Waals surface area (Å²) in [5.41, 5.74) is 0.829. The van der Waals surface area contributed by atoms with Gasteiger partial charge in [-0.25, -0.2) is 4.39 Å². The fourth-order valence-corrected chi connectivity index (χ4v) is 4.85. The van der Waals surface area contributed by atoms with Gasteiger partial charge in [0, 0.05) is 11.7 Å². The van der Waals surface area contributed by atoms with Gasteiger partial charge in [0.1, 0.15) is 5.82 Å². The van der Waals surface area contributed by atoms with E-state index in [1.165, 1.54) is 31.4 Å². The zero-order valence-corrected chi connectivity index (χ0v) is 12.6. The summed E-state index contributed by atoms with van der Waals surface area (Å²) in [5, 5.41) is 7.28. The average Bonchev–Trinajstić information content (AvgIpc) is 3.13. The number of benzene rings is 1. The first kappa shape index (κ1) is 13.3. The summed E-state index contributed by atoms with van der Waals surface area (Å²) in [4.78, 5) is 0. The zero-order chi connectivity index (χ0) is 14.4. The minimum Gasteiger partial charge on any atom is -0.359 e. The maximum Gasteiger partial charge on any atom is 0.171 e. The second-order valence-corrected chi connectivity index (χ2v) is 6.92. The highest BCUT2D eigenvalue weighted by atomic mass is 32.1. The molecule has 0 heterocycles. The number of allylic oxidation sites excluding steroid dienone is 2. The lowest BCUT2D eigenvalue weighted by Crippen LogP contribution is -2.44. The molecule has 2 fully saturated rings. The molecule has 2 bridgehead atoms. The van der Waals surface area contributed by atoms with Gasteiger partial charge in [-0.05, 0) is 79.4 Å². The first-order valence-corrected chi connectivity index (χ1v) is 8.11. The van der Waals surface area contributed by atoms with Crippen molar-refractivity contribution in [2.45, 2.75) is 25.3 Å². The standard InChI is InChI=1S/C17H19FN2S/c18-11-4-6-12(7-5-11)19-17(21)20-16-9-10-8-15(16)14-3-1-2-13(10)14/h1,3-7,10,13-16H,2,8-9H2,(H2,19,20,21)/t10-,13+,14+,15-,16+/m1/s1. The highest BCUT2D eigenvalue weighted by molar-refractivity contribution is 7.80. The molecule has 0 unspecified atom stereocenters. The van der Waals surface area contributed by atoms with Gasteiger partial charge in [0.2, 0.25) is 0 Å². The largest absolute Gasteiger partial charge is 0.359 e. The molecule has 2 N–H and O–H groups in total. The molecule has 4 rings (SSSR count). The number of anilines is 1. The maximum absolute atomic E-state index is 12.9. The molecular formula is C17H19FN2S. The van der Waals surface area contributed by atoms with Gasteiger partial charge in [-0.3, -0.25) is 0 Å². The van der Waals surface area contributed by atoms with Gasteiger partial charge >= 0.3 is 0 Å². The van der Waals surface area contributed by atoms with Crippen LogP contribution in [-0.2, 0) is 0 Å². The smallest absolute Gasteiger partial charge is 0.171 e. The second kappa shape index (κ2) is 5.09. The van der Waals surface area contributed by atoms with Crippen LogP contribution in [0.1, 0.15) is 19.3 Å². The van der Waals surface area contributed by atoms with E-state index in [0.29, 0.717) is 11.2 Å². The predicted molar refractivity (Wildman–Crippen MR) is 86.5 cm³/mol. The van der Waals surface area contributed by atoms with E-state index in [4.69, 9.17) is 12.2 Å². The fraction of sp³-hybridized carbons (Fsp3) is 0.471. The molecular weight excluding hydrogens is 283 g/mol. The second-order valence-electron chi connectivity index (χ2n) is 6.51. The van der Waals surface area contributed by atoms with Crippen LogP contribution in [0.2, 0.25) is 0 Å². The van der Waals surface area contributed by atoms with Crippen LogP contribution in [0, 0.1) is 29.5 Å². The monoisotopic (exact) mass is 302 g/mol. The molecule has 110 valence electrons. The Morgan fingerprint density at radius 3 is 2.76 bits per heavy atom. The molecule has 5 atom stereocenters. The van der Waals surface area contributed by atoms with Crippen molar-refractivity contribution in [1.29, 1.82) is 0 Å². The van der Waals surface area contributed by atoms with Crippen LogP contribution in [0.3, 0.4) is 0 Å². The van der Waals surface area contributed by atoms with Gasteiger partial charge in [0.05, 0.1) is 0 Å². The summed E-state index contributed by atoms with van der Waals surface area (Å²) in [5.74, 6) is 3.01. The van der Waals surface area contributed by atoms with E-state index in [9.17, 15) is 4.39 Å². The molecule has 0 spiro atoms. The number of rotatable bonds is 2. The Hall–Kier alpha value is -1.42. The lowest BCUT2D eigenvalue weighted by molar-refractivity contribution is 0.246. The third-order valence-corrected chi connectivity index (χ3v) is 5.65. The first-order chi connectivity index (χ1) is 10.2. The summed E-state index contributed by atoms with van der Waals surface area (Å²) in [6.07, 6.45) is 8.62. The Balaban J connectivity index is 1.37. The zero-order valence-electron chi connectivity index (χ0n) is 11.8. The molecule has 0 aromatic heterocycles. The maximum atomic E-state index is 12.9. The van der Waals surface area contributed by atoms with Crippen molar-refractivity contribution in [2.24, 2.45) is 23.7 Å². The number of halogens is 1. The molecule has 3 aliphatic rings. The molecule has 0 amide bonds. The Labute approximate surface area is 129 Å². The van der Waals surface area contributed by atoms with Crippen molar-refractivity contribution >= 4 is 23.0 Å². The summed E-state index contributed by atoms with van der Waals surface area (Å²) >= 11 is 5.41. The van der Waals surface area contributed by atoms with Gasteiger partial charge in [0.25, 0.3) is 0 Å². The first-order valence-electron chi connectivity index (χ1n) is 7.70. The van der Waals surface area contributed by atoms with Gasteiger partial charge in [-0.15, -0.1) is 0 Å². The lowest BCUT2D eigenvalue weighted by atomic mass is 9.79. The van der Waals surface area contributed by atoms with Crippen molar-refractivity contribution in [2.75, 3.05) is 5.32 Å². The molecule has 4 heteroatoms. The van der Waals surface area contributed by atoms with E-state index < -0.39 is 0 Å². The van der Waals surface area contributed by atoms with Gasteiger partial charge in [-0.2, -0.15) is 0 Å². The van der Waals surface area contributed by atoms with E-state index >= 15 is 0 Å². The number of thiocarbonyl (C=S) groups is 1. The SMILES string of the molecule is Fc1ccc(NC(=S)N[C@H]2C[C@H]3C[C@@H]2[C@H]2C=CC[C@@H]32)cc1. The highest BCUT2D eigenvalue weighted by Crippen LogP contribution is 2.56. The fourth-order valence-electron chi connectivity index (χ4n) is 4.58.